The van der Waals surface area contributed by atoms with Gasteiger partial charge >= 0.3 is 0 Å². The van der Waals surface area contributed by atoms with Crippen molar-refractivity contribution in [1.82, 2.24) is 20.4 Å². The smallest absolute Gasteiger partial charge is 0.259 e. The second-order valence-corrected chi connectivity index (χ2v) is 10.1. The number of rotatable bonds is 16. The Labute approximate surface area is 248 Å². The zero-order valence-corrected chi connectivity index (χ0v) is 25.1. The topological polar surface area (TPSA) is 136 Å². The Bertz CT molecular complexity index is 1220. The van der Waals surface area contributed by atoms with E-state index in [4.69, 9.17) is 0 Å². The lowest BCUT2D eigenvalue weighted by atomic mass is 9.98. The lowest BCUT2D eigenvalue weighted by molar-refractivity contribution is -0.116. The quantitative estimate of drug-likeness (QED) is 0.157. The molecule has 1 atom stereocenters. The van der Waals surface area contributed by atoms with E-state index in [0.29, 0.717) is 24.3 Å². The highest BCUT2D eigenvalue weighted by molar-refractivity contribution is 6.23. The van der Waals surface area contributed by atoms with Gasteiger partial charge in [0.15, 0.2) is 0 Å². The zero-order chi connectivity index (χ0) is 30.5. The first-order valence-electron chi connectivity index (χ1n) is 14.8. The zero-order valence-electron chi connectivity index (χ0n) is 25.1. The minimum absolute atomic E-state index is 0.193. The second kappa shape index (κ2) is 16.5. The molecule has 1 aliphatic rings. The molecule has 2 aromatic carbocycles. The van der Waals surface area contributed by atoms with Gasteiger partial charge in [-0.15, -0.1) is 0 Å². The Balaban J connectivity index is 1.77. The summed E-state index contributed by atoms with van der Waals surface area (Å²) in [5.74, 6) is -1.74. The van der Waals surface area contributed by atoms with E-state index in [0.717, 1.165) is 52.1 Å². The van der Waals surface area contributed by atoms with Gasteiger partial charge in [-0.05, 0) is 82.4 Å². The van der Waals surface area contributed by atoms with E-state index in [1.807, 2.05) is 0 Å². The number of nitrogens with one attached hydrogen (secondary N) is 3. The summed E-state index contributed by atoms with van der Waals surface area (Å²) >= 11 is 0. The molecule has 226 valence electrons. The molecule has 42 heavy (non-hydrogen) atoms. The van der Waals surface area contributed by atoms with E-state index in [9.17, 15) is 19.2 Å². The molecular formula is C31H43N7O4. The first-order chi connectivity index (χ1) is 20.3. The molecule has 0 fully saturated rings. The normalized spacial score (nSPS) is 14.8. The van der Waals surface area contributed by atoms with Crippen LogP contribution in [-0.4, -0.2) is 91.7 Å². The van der Waals surface area contributed by atoms with Gasteiger partial charge in [-0.1, -0.05) is 39.8 Å². The van der Waals surface area contributed by atoms with Gasteiger partial charge in [0.05, 0.1) is 11.4 Å². The minimum Gasteiger partial charge on any atom is -0.352 e. The van der Waals surface area contributed by atoms with Crippen LogP contribution in [0.1, 0.15) is 71.6 Å². The van der Waals surface area contributed by atoms with Gasteiger partial charge < -0.3 is 25.8 Å². The summed E-state index contributed by atoms with van der Waals surface area (Å²) in [6, 6.07) is 9.86. The van der Waals surface area contributed by atoms with Crippen molar-refractivity contribution in [3.8, 4) is 0 Å². The molecule has 1 unspecified atom stereocenters. The maximum atomic E-state index is 13.1. The number of carbonyl (C=O) groups is 4. The van der Waals surface area contributed by atoms with Crippen LogP contribution in [0.4, 0.5) is 11.4 Å². The number of azo groups is 1. The number of carbonyl (C=O) groups excluding carboxylic acids is 4. The van der Waals surface area contributed by atoms with Crippen LogP contribution in [0.2, 0.25) is 0 Å². The number of fused-ring (bicyclic) bond motifs is 1. The van der Waals surface area contributed by atoms with Crippen molar-refractivity contribution in [3.05, 3.63) is 59.2 Å². The highest BCUT2D eigenvalue weighted by Gasteiger charge is 2.34. The summed E-state index contributed by atoms with van der Waals surface area (Å²) in [4.78, 5) is 56.2. The molecule has 1 aliphatic heterocycles. The van der Waals surface area contributed by atoms with E-state index in [1.54, 1.807) is 24.3 Å². The number of anilines is 1. The average Bonchev–Trinajstić information content (AvgIpc) is 3.00. The van der Waals surface area contributed by atoms with Gasteiger partial charge in [-0.2, -0.15) is 10.2 Å². The van der Waals surface area contributed by atoms with Crippen LogP contribution in [-0.2, 0) is 4.79 Å². The summed E-state index contributed by atoms with van der Waals surface area (Å²) in [5.41, 5.74) is 1.46. The van der Waals surface area contributed by atoms with E-state index in [1.165, 1.54) is 18.2 Å². The van der Waals surface area contributed by atoms with Crippen LogP contribution in [0.5, 0.6) is 0 Å². The number of hydrogen-bond donors (Lipinski definition) is 3. The highest BCUT2D eigenvalue weighted by Crippen LogP contribution is 2.25. The van der Waals surface area contributed by atoms with E-state index in [2.05, 4.69) is 63.7 Å². The molecule has 1 heterocycles. The first-order valence-corrected chi connectivity index (χ1v) is 14.8. The van der Waals surface area contributed by atoms with Crippen molar-refractivity contribution in [2.75, 3.05) is 57.7 Å². The number of para-hydroxylation sites is 1. The molecule has 3 N–H and O–H groups in total. The molecule has 0 saturated carbocycles. The Kier molecular flexibility index (Phi) is 12.8. The molecule has 0 bridgehead atoms. The average molecular weight is 578 g/mol. The van der Waals surface area contributed by atoms with Gasteiger partial charge in [0.2, 0.25) is 11.8 Å². The summed E-state index contributed by atoms with van der Waals surface area (Å²) in [7, 11) is 0. The molecule has 3 rings (SSSR count). The van der Waals surface area contributed by atoms with Crippen molar-refractivity contribution < 1.29 is 19.2 Å². The summed E-state index contributed by atoms with van der Waals surface area (Å²) < 4.78 is 0. The molecule has 0 spiro atoms. The lowest BCUT2D eigenvalue weighted by Gasteiger charge is -2.19. The van der Waals surface area contributed by atoms with Crippen molar-refractivity contribution in [1.29, 1.82) is 0 Å². The van der Waals surface area contributed by atoms with Crippen molar-refractivity contribution >= 4 is 34.9 Å². The third-order valence-corrected chi connectivity index (χ3v) is 7.34. The van der Waals surface area contributed by atoms with Gasteiger partial charge in [-0.3, -0.25) is 19.2 Å². The molecule has 3 amide bonds. The third-order valence-electron chi connectivity index (χ3n) is 7.34. The summed E-state index contributed by atoms with van der Waals surface area (Å²) in [6.45, 7) is 14.8. The van der Waals surface area contributed by atoms with Gasteiger partial charge in [0.1, 0.15) is 0 Å². The maximum absolute atomic E-state index is 13.1. The number of hydrogen-bond acceptors (Lipinski definition) is 8. The molecule has 0 aliphatic carbocycles. The van der Waals surface area contributed by atoms with E-state index in [-0.39, 0.29) is 28.6 Å². The fraction of sp³-hybridized carbons (Fsp3) is 0.484. The molecular weight excluding hydrogens is 534 g/mol. The maximum Gasteiger partial charge on any atom is 0.259 e. The standard InChI is InChI=1S/C31H43N7O4/c1-5-37(6-2)17-11-15-32-29(40)22-19-23(30(41)33-16-12-18-38(7-3)8-4)21-24(20-22)35-36-27-28(39)25-13-9-10-14-26(25)34-31(27)42/h9-10,13-14,19-21,27H,5-8,11-12,15-18H2,1-4H3,(H,32,40)(H,33,41)(H,34,42). The Morgan fingerprint density at radius 1 is 0.810 bits per heavy atom. The van der Waals surface area contributed by atoms with Gasteiger partial charge in [0.25, 0.3) is 17.7 Å². The number of Topliss-reactive ketones (excluding diaryl/α,β-unsaturated/α-hetero) is 1. The third kappa shape index (κ3) is 9.02. The molecule has 0 aromatic heterocycles. The largest absolute Gasteiger partial charge is 0.352 e. The lowest BCUT2D eigenvalue weighted by Crippen LogP contribution is -2.38. The van der Waals surface area contributed by atoms with Crippen LogP contribution < -0.4 is 16.0 Å². The Hall–Kier alpha value is -3.96. The molecule has 0 saturated heterocycles. The minimum atomic E-state index is -1.37. The van der Waals surface area contributed by atoms with Crippen LogP contribution in [0.25, 0.3) is 0 Å². The SMILES string of the molecule is CCN(CC)CCCNC(=O)c1cc(N=NC2C(=O)Nc3ccccc3C2=O)cc(C(=O)NCCCN(CC)CC)c1. The number of ketones is 1. The molecule has 2 aromatic rings. The molecule has 11 nitrogen and oxygen atoms in total. The molecule has 11 heteroatoms. The second-order valence-electron chi connectivity index (χ2n) is 10.1. The first kappa shape index (κ1) is 32.6. The van der Waals surface area contributed by atoms with Crippen LogP contribution >= 0.6 is 0 Å². The Morgan fingerprint density at radius 3 is 1.86 bits per heavy atom. The van der Waals surface area contributed by atoms with Crippen LogP contribution in [0, 0.1) is 0 Å². The number of amides is 3. The Morgan fingerprint density at radius 2 is 1.33 bits per heavy atom. The number of benzene rings is 2. The van der Waals surface area contributed by atoms with Gasteiger partial charge in [-0.25, -0.2) is 0 Å². The van der Waals surface area contributed by atoms with Crippen molar-refractivity contribution in [2.45, 2.75) is 46.6 Å². The number of nitrogens with zero attached hydrogens (tertiary/aromatic N) is 4. The highest BCUT2D eigenvalue weighted by atomic mass is 16.2. The molecule has 0 radical (unpaired) electrons. The fourth-order valence-corrected chi connectivity index (χ4v) is 4.73. The van der Waals surface area contributed by atoms with Crippen molar-refractivity contribution in [2.24, 2.45) is 10.2 Å². The fourth-order valence-electron chi connectivity index (χ4n) is 4.73. The van der Waals surface area contributed by atoms with E-state index >= 15 is 0 Å². The monoisotopic (exact) mass is 577 g/mol. The predicted molar refractivity (Wildman–Crippen MR) is 164 cm³/mol. The van der Waals surface area contributed by atoms with Crippen molar-refractivity contribution in [3.63, 3.8) is 0 Å². The summed E-state index contributed by atoms with van der Waals surface area (Å²) in [6.07, 6.45) is 1.57. The van der Waals surface area contributed by atoms with E-state index < -0.39 is 17.7 Å². The van der Waals surface area contributed by atoms with Crippen LogP contribution in [0.3, 0.4) is 0 Å². The summed E-state index contributed by atoms with van der Waals surface area (Å²) in [5, 5.41) is 16.7. The predicted octanol–water partition coefficient (Wildman–Crippen LogP) is 3.90. The van der Waals surface area contributed by atoms with Crippen LogP contribution in [0.15, 0.2) is 52.7 Å². The van der Waals surface area contributed by atoms with Gasteiger partial charge in [0, 0.05) is 29.8 Å².